The molecule has 1 aromatic heterocycles. The second-order valence-electron chi connectivity index (χ2n) is 5.45. The second kappa shape index (κ2) is 5.75. The minimum Gasteiger partial charge on any atom is -0.497 e. The van der Waals surface area contributed by atoms with Gasteiger partial charge in [-0.25, -0.2) is 0 Å². The molecule has 3 rings (SSSR count). The van der Waals surface area contributed by atoms with Crippen LogP contribution in [0.2, 0.25) is 0 Å². The lowest BCUT2D eigenvalue weighted by molar-refractivity contribution is 0.0932. The Hall–Kier alpha value is -2.43. The number of ether oxygens (including phenoxy) is 2. The first kappa shape index (κ1) is 14.5. The summed E-state index contributed by atoms with van der Waals surface area (Å²) in [6.07, 6.45) is 0.704. The molecule has 1 aromatic carbocycles. The Kier molecular flexibility index (Phi) is 3.79. The van der Waals surface area contributed by atoms with Crippen LogP contribution in [0.5, 0.6) is 11.5 Å². The van der Waals surface area contributed by atoms with Crippen LogP contribution in [0.1, 0.15) is 27.4 Å². The highest BCUT2D eigenvalue weighted by Crippen LogP contribution is 2.31. The van der Waals surface area contributed by atoms with E-state index in [0.717, 1.165) is 29.2 Å². The molecule has 1 unspecified atom stereocenters. The number of hydrogen-bond acceptors (Lipinski definition) is 4. The van der Waals surface area contributed by atoms with Crippen molar-refractivity contribution in [3.63, 3.8) is 0 Å². The summed E-state index contributed by atoms with van der Waals surface area (Å²) in [4.78, 5) is 12.2. The van der Waals surface area contributed by atoms with E-state index in [1.54, 1.807) is 20.1 Å². The van der Waals surface area contributed by atoms with Crippen LogP contribution >= 0.6 is 0 Å². The molecule has 22 heavy (non-hydrogen) atoms. The molecular formula is C17H19NO4. The molecule has 0 saturated carbocycles. The van der Waals surface area contributed by atoms with E-state index in [0.29, 0.717) is 17.9 Å². The number of nitrogens with one attached hydrogen (secondary N) is 1. The third-order valence-electron chi connectivity index (χ3n) is 3.78. The van der Waals surface area contributed by atoms with Gasteiger partial charge in [-0.15, -0.1) is 0 Å². The number of furan rings is 1. The maximum atomic E-state index is 12.2. The highest BCUT2D eigenvalue weighted by Gasteiger charge is 2.24. The van der Waals surface area contributed by atoms with E-state index in [9.17, 15) is 4.79 Å². The molecule has 1 N–H and O–H groups in total. The fourth-order valence-corrected chi connectivity index (χ4v) is 2.70. The van der Waals surface area contributed by atoms with Crippen LogP contribution < -0.4 is 14.8 Å². The van der Waals surface area contributed by atoms with Gasteiger partial charge in [0.05, 0.1) is 19.2 Å². The van der Waals surface area contributed by atoms with Gasteiger partial charge in [0.2, 0.25) is 0 Å². The molecule has 116 valence electrons. The largest absolute Gasteiger partial charge is 0.497 e. The Morgan fingerprint density at radius 2 is 2.18 bits per heavy atom. The van der Waals surface area contributed by atoms with E-state index >= 15 is 0 Å². The van der Waals surface area contributed by atoms with Crippen molar-refractivity contribution in [1.29, 1.82) is 0 Å². The van der Waals surface area contributed by atoms with Gasteiger partial charge in [0.25, 0.3) is 5.91 Å². The fraction of sp³-hybridized carbons (Fsp3) is 0.353. The third kappa shape index (κ3) is 2.79. The van der Waals surface area contributed by atoms with Crippen molar-refractivity contribution in [2.24, 2.45) is 0 Å². The van der Waals surface area contributed by atoms with Gasteiger partial charge in [-0.3, -0.25) is 4.79 Å². The van der Waals surface area contributed by atoms with Crippen molar-refractivity contribution >= 4 is 5.91 Å². The van der Waals surface area contributed by atoms with Crippen molar-refractivity contribution in [2.75, 3.05) is 13.7 Å². The molecule has 1 aliphatic heterocycles. The molecule has 2 heterocycles. The first-order chi connectivity index (χ1) is 10.6. The van der Waals surface area contributed by atoms with Gasteiger partial charge in [0.1, 0.15) is 29.1 Å². The van der Waals surface area contributed by atoms with Crippen molar-refractivity contribution in [3.05, 3.63) is 46.9 Å². The monoisotopic (exact) mass is 301 g/mol. The Morgan fingerprint density at radius 3 is 2.86 bits per heavy atom. The second-order valence-corrected chi connectivity index (χ2v) is 5.45. The molecule has 1 amide bonds. The lowest BCUT2D eigenvalue weighted by atomic mass is 10.1. The van der Waals surface area contributed by atoms with Crippen LogP contribution in [-0.4, -0.2) is 25.7 Å². The van der Waals surface area contributed by atoms with Crippen molar-refractivity contribution in [3.8, 4) is 11.5 Å². The zero-order chi connectivity index (χ0) is 15.7. The lowest BCUT2D eigenvalue weighted by Gasteiger charge is -2.11. The van der Waals surface area contributed by atoms with Gasteiger partial charge in [0, 0.05) is 12.0 Å². The number of hydrogen-bond donors (Lipinski definition) is 1. The molecule has 0 aliphatic carbocycles. The van der Waals surface area contributed by atoms with Gasteiger partial charge in [-0.05, 0) is 38.1 Å². The molecule has 2 aromatic rings. The van der Waals surface area contributed by atoms with E-state index in [2.05, 4.69) is 5.32 Å². The minimum absolute atomic E-state index is 0.0561. The summed E-state index contributed by atoms with van der Waals surface area (Å²) in [5, 5.41) is 2.90. The molecule has 0 bridgehead atoms. The van der Waals surface area contributed by atoms with Crippen molar-refractivity contribution in [1.82, 2.24) is 5.32 Å². The van der Waals surface area contributed by atoms with Crippen LogP contribution in [0.15, 0.2) is 28.7 Å². The van der Waals surface area contributed by atoms with Crippen LogP contribution in [0.25, 0.3) is 0 Å². The number of carbonyl (C=O) groups excluding carboxylic acids is 1. The maximum Gasteiger partial charge on any atom is 0.254 e. The van der Waals surface area contributed by atoms with E-state index in [1.807, 2.05) is 25.1 Å². The number of rotatable bonds is 4. The van der Waals surface area contributed by atoms with E-state index in [1.165, 1.54) is 0 Å². The van der Waals surface area contributed by atoms with Crippen LogP contribution in [0.3, 0.4) is 0 Å². The highest BCUT2D eigenvalue weighted by molar-refractivity contribution is 5.95. The number of benzene rings is 1. The molecule has 1 aliphatic rings. The van der Waals surface area contributed by atoms with E-state index < -0.39 is 0 Å². The summed E-state index contributed by atoms with van der Waals surface area (Å²) in [7, 11) is 1.64. The molecular weight excluding hydrogens is 282 g/mol. The average molecular weight is 301 g/mol. The van der Waals surface area contributed by atoms with Gasteiger partial charge < -0.3 is 19.2 Å². The molecule has 0 spiro atoms. The first-order valence-corrected chi connectivity index (χ1v) is 7.25. The summed E-state index contributed by atoms with van der Waals surface area (Å²) < 4.78 is 16.4. The number of aryl methyl sites for hydroxylation is 2. The lowest BCUT2D eigenvalue weighted by Crippen LogP contribution is -2.34. The summed E-state index contributed by atoms with van der Waals surface area (Å²) in [6, 6.07) is 7.50. The zero-order valence-corrected chi connectivity index (χ0v) is 12.9. The topological polar surface area (TPSA) is 60.7 Å². The zero-order valence-electron chi connectivity index (χ0n) is 12.9. The number of carbonyl (C=O) groups is 1. The standard InChI is InChI=1S/C17H19NO4/c1-10-6-15(11(2)21-10)17(19)18-9-14-8-12-7-13(20-3)4-5-16(12)22-14/h4-7,14H,8-9H2,1-3H3,(H,18,19). The van der Waals surface area contributed by atoms with Crippen LogP contribution in [0.4, 0.5) is 0 Å². The molecule has 5 heteroatoms. The minimum atomic E-state index is -0.133. The van der Waals surface area contributed by atoms with Crippen LogP contribution in [-0.2, 0) is 6.42 Å². The molecule has 0 fully saturated rings. The maximum absolute atomic E-state index is 12.2. The fourth-order valence-electron chi connectivity index (χ4n) is 2.70. The Morgan fingerprint density at radius 1 is 1.36 bits per heavy atom. The summed E-state index contributed by atoms with van der Waals surface area (Å²) >= 11 is 0. The summed E-state index contributed by atoms with van der Waals surface area (Å²) in [5.41, 5.74) is 1.68. The Labute approximate surface area is 129 Å². The van der Waals surface area contributed by atoms with Gasteiger partial charge in [-0.1, -0.05) is 0 Å². The first-order valence-electron chi connectivity index (χ1n) is 7.25. The summed E-state index contributed by atoms with van der Waals surface area (Å²) in [5.74, 6) is 2.91. The van der Waals surface area contributed by atoms with Gasteiger partial charge >= 0.3 is 0 Å². The van der Waals surface area contributed by atoms with E-state index in [-0.39, 0.29) is 12.0 Å². The quantitative estimate of drug-likeness (QED) is 0.943. The molecule has 1 atom stereocenters. The summed E-state index contributed by atoms with van der Waals surface area (Å²) in [6.45, 7) is 4.07. The average Bonchev–Trinajstić information content (AvgIpc) is 3.06. The molecule has 0 saturated heterocycles. The highest BCUT2D eigenvalue weighted by atomic mass is 16.5. The Balaban J connectivity index is 1.59. The predicted molar refractivity (Wildman–Crippen MR) is 81.6 cm³/mol. The van der Waals surface area contributed by atoms with Gasteiger partial charge in [-0.2, -0.15) is 0 Å². The van der Waals surface area contributed by atoms with Crippen LogP contribution in [0, 0.1) is 13.8 Å². The normalized spacial score (nSPS) is 16.0. The van der Waals surface area contributed by atoms with E-state index in [4.69, 9.17) is 13.9 Å². The molecule has 0 radical (unpaired) electrons. The van der Waals surface area contributed by atoms with Crippen molar-refractivity contribution < 1.29 is 18.7 Å². The SMILES string of the molecule is COc1ccc2c(c1)CC(CNC(=O)c1cc(C)oc1C)O2. The number of amides is 1. The number of fused-ring (bicyclic) bond motifs is 1. The predicted octanol–water partition coefficient (Wildman–Crippen LogP) is 2.64. The van der Waals surface area contributed by atoms with Gasteiger partial charge in [0.15, 0.2) is 0 Å². The number of methoxy groups -OCH3 is 1. The molecule has 5 nitrogen and oxygen atoms in total. The van der Waals surface area contributed by atoms with Crippen molar-refractivity contribution in [2.45, 2.75) is 26.4 Å². The Bertz CT molecular complexity index is 705. The third-order valence-corrected chi connectivity index (χ3v) is 3.78. The smallest absolute Gasteiger partial charge is 0.254 e.